The molecule has 2 amide bonds. The molecule has 27 heavy (non-hydrogen) atoms. The number of nitrogens with one attached hydrogen (secondary N) is 2. The van der Waals surface area contributed by atoms with Crippen LogP contribution < -0.4 is 15.5 Å². The molecule has 0 radical (unpaired) electrons. The van der Waals surface area contributed by atoms with Crippen molar-refractivity contribution in [1.29, 1.82) is 0 Å². The molecule has 3 rings (SSSR count). The number of urea groups is 1. The Labute approximate surface area is 157 Å². The van der Waals surface area contributed by atoms with E-state index in [4.69, 9.17) is 4.74 Å². The molecule has 8 heteroatoms. The largest absolute Gasteiger partial charge is 0.418 e. The van der Waals surface area contributed by atoms with Crippen LogP contribution in [-0.2, 0) is 10.9 Å². The number of hydrogen-bond acceptors (Lipinski definition) is 3. The van der Waals surface area contributed by atoms with Gasteiger partial charge in [-0.1, -0.05) is 19.8 Å². The number of nitrogens with zero attached hydrogens (tertiary/aromatic N) is 1. The summed E-state index contributed by atoms with van der Waals surface area (Å²) >= 11 is 0. The van der Waals surface area contributed by atoms with Crippen molar-refractivity contribution in [3.8, 4) is 0 Å². The van der Waals surface area contributed by atoms with E-state index in [-0.39, 0.29) is 11.7 Å². The first-order chi connectivity index (χ1) is 12.8. The topological polar surface area (TPSA) is 53.6 Å². The molecular formula is C19H26F3N3O2. The first-order valence-electron chi connectivity index (χ1n) is 9.46. The highest BCUT2D eigenvalue weighted by molar-refractivity contribution is 5.90. The molecule has 5 nitrogen and oxygen atoms in total. The fourth-order valence-electron chi connectivity index (χ4n) is 3.75. The fraction of sp³-hybridized carbons (Fsp3) is 0.632. The van der Waals surface area contributed by atoms with Crippen LogP contribution in [0.1, 0.15) is 38.2 Å². The van der Waals surface area contributed by atoms with Crippen LogP contribution in [0.25, 0.3) is 0 Å². The lowest BCUT2D eigenvalue weighted by Crippen LogP contribution is -2.43. The maximum atomic E-state index is 13.6. The number of morpholine rings is 1. The van der Waals surface area contributed by atoms with Crippen LogP contribution in [0.2, 0.25) is 0 Å². The second-order valence-electron chi connectivity index (χ2n) is 7.29. The summed E-state index contributed by atoms with van der Waals surface area (Å²) in [7, 11) is 0. The number of ether oxygens (including phenoxy) is 1. The van der Waals surface area contributed by atoms with Crippen molar-refractivity contribution in [2.24, 2.45) is 5.92 Å². The number of alkyl halides is 3. The molecule has 1 aromatic carbocycles. The summed E-state index contributed by atoms with van der Waals surface area (Å²) in [5.74, 6) is 0.329. The predicted molar refractivity (Wildman–Crippen MR) is 98.1 cm³/mol. The lowest BCUT2D eigenvalue weighted by atomic mass is 9.86. The summed E-state index contributed by atoms with van der Waals surface area (Å²) in [6, 6.07) is 3.46. The Morgan fingerprint density at radius 1 is 1.19 bits per heavy atom. The Kier molecular flexibility index (Phi) is 6.14. The molecule has 1 aromatic rings. The highest BCUT2D eigenvalue weighted by atomic mass is 19.4. The van der Waals surface area contributed by atoms with E-state index in [9.17, 15) is 18.0 Å². The van der Waals surface area contributed by atoms with Gasteiger partial charge in [-0.2, -0.15) is 13.2 Å². The summed E-state index contributed by atoms with van der Waals surface area (Å²) in [4.78, 5) is 14.1. The van der Waals surface area contributed by atoms with E-state index in [1.807, 2.05) is 4.90 Å². The number of halogens is 3. The molecule has 1 saturated heterocycles. The van der Waals surface area contributed by atoms with Crippen LogP contribution in [0, 0.1) is 5.92 Å². The van der Waals surface area contributed by atoms with Gasteiger partial charge in [-0.15, -0.1) is 0 Å². The summed E-state index contributed by atoms with van der Waals surface area (Å²) in [5, 5.41) is 5.23. The van der Waals surface area contributed by atoms with Crippen molar-refractivity contribution in [2.75, 3.05) is 36.5 Å². The number of carbonyl (C=O) groups is 1. The van der Waals surface area contributed by atoms with Crippen molar-refractivity contribution in [3.05, 3.63) is 23.8 Å². The molecular weight excluding hydrogens is 359 g/mol. The van der Waals surface area contributed by atoms with Gasteiger partial charge in [0.1, 0.15) is 0 Å². The Morgan fingerprint density at radius 2 is 1.89 bits per heavy atom. The van der Waals surface area contributed by atoms with E-state index in [2.05, 4.69) is 17.6 Å². The number of carbonyl (C=O) groups excluding carboxylic acids is 1. The molecule has 2 N–H and O–H groups in total. The lowest BCUT2D eigenvalue weighted by molar-refractivity contribution is -0.136. The summed E-state index contributed by atoms with van der Waals surface area (Å²) in [5.41, 5.74) is -0.573. The molecule has 1 heterocycles. The van der Waals surface area contributed by atoms with E-state index in [0.29, 0.717) is 37.9 Å². The normalized spacial score (nSPS) is 23.8. The van der Waals surface area contributed by atoms with E-state index in [1.54, 1.807) is 6.07 Å². The SMILES string of the molecule is CC1CCCCC1NC(=O)Nc1ccc(N2CCOCC2)cc1C(F)(F)F. The van der Waals surface area contributed by atoms with Gasteiger partial charge in [0.25, 0.3) is 0 Å². The summed E-state index contributed by atoms with van der Waals surface area (Å²) in [6.07, 6.45) is -0.522. The van der Waals surface area contributed by atoms with Crippen LogP contribution in [0.5, 0.6) is 0 Å². The molecule has 1 aliphatic carbocycles. The van der Waals surface area contributed by atoms with E-state index >= 15 is 0 Å². The summed E-state index contributed by atoms with van der Waals surface area (Å²) in [6.45, 7) is 4.13. The predicted octanol–water partition coefficient (Wildman–Crippen LogP) is 4.24. The minimum absolute atomic E-state index is 0.000657. The van der Waals surface area contributed by atoms with Crippen LogP contribution in [-0.4, -0.2) is 38.4 Å². The fourth-order valence-corrected chi connectivity index (χ4v) is 3.75. The third kappa shape index (κ3) is 5.06. The maximum absolute atomic E-state index is 13.6. The number of hydrogen-bond donors (Lipinski definition) is 2. The average Bonchev–Trinajstić information content (AvgIpc) is 2.64. The lowest BCUT2D eigenvalue weighted by Gasteiger charge is -2.30. The third-order valence-corrected chi connectivity index (χ3v) is 5.36. The second kappa shape index (κ2) is 8.37. The van der Waals surface area contributed by atoms with Gasteiger partial charge < -0.3 is 20.3 Å². The first-order valence-corrected chi connectivity index (χ1v) is 9.46. The molecule has 0 spiro atoms. The number of rotatable bonds is 3. The molecule has 2 fully saturated rings. The van der Waals surface area contributed by atoms with Gasteiger partial charge in [0, 0.05) is 24.8 Å². The molecule has 1 saturated carbocycles. The monoisotopic (exact) mass is 385 g/mol. The van der Waals surface area contributed by atoms with Crippen molar-refractivity contribution in [3.63, 3.8) is 0 Å². The van der Waals surface area contributed by atoms with Gasteiger partial charge in [0.05, 0.1) is 24.5 Å². The zero-order valence-corrected chi connectivity index (χ0v) is 15.4. The van der Waals surface area contributed by atoms with Crippen LogP contribution in [0.4, 0.5) is 29.3 Å². The van der Waals surface area contributed by atoms with Crippen molar-refractivity contribution in [1.82, 2.24) is 5.32 Å². The zero-order valence-electron chi connectivity index (χ0n) is 15.4. The number of anilines is 2. The average molecular weight is 385 g/mol. The highest BCUT2D eigenvalue weighted by Gasteiger charge is 2.35. The molecule has 150 valence electrons. The minimum atomic E-state index is -4.55. The highest BCUT2D eigenvalue weighted by Crippen LogP contribution is 2.37. The minimum Gasteiger partial charge on any atom is -0.378 e. The Morgan fingerprint density at radius 3 is 2.56 bits per heavy atom. The number of amides is 2. The maximum Gasteiger partial charge on any atom is 0.418 e. The first kappa shape index (κ1) is 19.8. The van der Waals surface area contributed by atoms with E-state index in [1.165, 1.54) is 6.07 Å². The number of benzene rings is 1. The molecule has 1 aliphatic heterocycles. The summed E-state index contributed by atoms with van der Waals surface area (Å²) < 4.78 is 45.9. The van der Waals surface area contributed by atoms with Crippen molar-refractivity contribution in [2.45, 2.75) is 44.8 Å². The van der Waals surface area contributed by atoms with Crippen molar-refractivity contribution >= 4 is 17.4 Å². The van der Waals surface area contributed by atoms with Gasteiger partial charge in [0.15, 0.2) is 0 Å². The zero-order chi connectivity index (χ0) is 19.4. The third-order valence-electron chi connectivity index (χ3n) is 5.36. The quantitative estimate of drug-likeness (QED) is 0.818. The molecule has 2 aliphatic rings. The molecule has 0 aromatic heterocycles. The standard InChI is InChI=1S/C19H26F3N3O2/c1-13-4-2-3-5-16(13)23-18(26)24-17-7-6-14(12-15(17)19(20,21)22)25-8-10-27-11-9-25/h6-7,12-13,16H,2-5,8-11H2,1H3,(H2,23,24,26). The van der Waals surface area contributed by atoms with Crippen molar-refractivity contribution < 1.29 is 22.7 Å². The van der Waals surface area contributed by atoms with Gasteiger partial charge in [-0.3, -0.25) is 0 Å². The van der Waals surface area contributed by atoms with Crippen LogP contribution in [0.3, 0.4) is 0 Å². The van der Waals surface area contributed by atoms with Gasteiger partial charge in [-0.05, 0) is 37.0 Å². The molecule has 0 bridgehead atoms. The Balaban J connectivity index is 1.74. The second-order valence-corrected chi connectivity index (χ2v) is 7.29. The van der Waals surface area contributed by atoms with Gasteiger partial charge in [0.2, 0.25) is 0 Å². The van der Waals surface area contributed by atoms with E-state index in [0.717, 1.165) is 31.7 Å². The van der Waals surface area contributed by atoms with Crippen LogP contribution >= 0.6 is 0 Å². The van der Waals surface area contributed by atoms with E-state index < -0.39 is 17.8 Å². The smallest absolute Gasteiger partial charge is 0.378 e. The Hall–Kier alpha value is -1.96. The molecule has 2 atom stereocenters. The Bertz CT molecular complexity index is 660. The molecule has 2 unspecified atom stereocenters. The van der Waals surface area contributed by atoms with Crippen LogP contribution in [0.15, 0.2) is 18.2 Å². The van der Waals surface area contributed by atoms with Gasteiger partial charge in [-0.25, -0.2) is 4.79 Å². The van der Waals surface area contributed by atoms with Gasteiger partial charge >= 0.3 is 12.2 Å².